The molecule has 1 aromatic heterocycles. The second-order valence-electron chi connectivity index (χ2n) is 5.92. The summed E-state index contributed by atoms with van der Waals surface area (Å²) in [5.41, 5.74) is 1.06. The van der Waals surface area contributed by atoms with E-state index < -0.39 is 0 Å². The van der Waals surface area contributed by atoms with Gasteiger partial charge in [-0.1, -0.05) is 27.3 Å². The summed E-state index contributed by atoms with van der Waals surface area (Å²) >= 11 is 6.66. The SMILES string of the molecule is COCCn1c(=NC(=O)CCSc2ccc(OC)cc2)sc2cc(Br)ccc21. The quantitative estimate of drug-likeness (QED) is 0.437. The highest BCUT2D eigenvalue weighted by atomic mass is 79.9. The van der Waals surface area contributed by atoms with E-state index in [1.54, 1.807) is 26.0 Å². The van der Waals surface area contributed by atoms with Crippen molar-refractivity contribution >= 4 is 55.2 Å². The van der Waals surface area contributed by atoms with Crippen LogP contribution in [0, 0.1) is 0 Å². The molecule has 148 valence electrons. The molecule has 0 spiro atoms. The topological polar surface area (TPSA) is 52.8 Å². The molecule has 0 atom stereocenters. The number of hydrogen-bond donors (Lipinski definition) is 0. The van der Waals surface area contributed by atoms with Crippen molar-refractivity contribution in [3.8, 4) is 5.75 Å². The van der Waals surface area contributed by atoms with E-state index in [2.05, 4.69) is 20.9 Å². The van der Waals surface area contributed by atoms with E-state index in [0.29, 0.717) is 30.1 Å². The standard InChI is InChI=1S/C20H21BrN2O3S2/c1-25-11-10-23-17-8-3-14(21)13-18(17)28-20(23)22-19(24)9-12-27-16-6-4-15(26-2)5-7-16/h3-8,13H,9-12H2,1-2H3. The molecule has 0 N–H and O–H groups in total. The first kappa shape index (κ1) is 21.1. The Morgan fingerprint density at radius 2 is 2.00 bits per heavy atom. The lowest BCUT2D eigenvalue weighted by atomic mass is 10.3. The summed E-state index contributed by atoms with van der Waals surface area (Å²) in [5, 5.41) is 0. The Hall–Kier alpha value is -1.61. The zero-order valence-electron chi connectivity index (χ0n) is 15.7. The number of rotatable bonds is 8. The molecular formula is C20H21BrN2O3S2. The van der Waals surface area contributed by atoms with Crippen LogP contribution >= 0.6 is 39.0 Å². The number of benzene rings is 2. The average molecular weight is 481 g/mol. The Balaban J connectivity index is 1.71. The van der Waals surface area contributed by atoms with Gasteiger partial charge in [0, 0.05) is 35.2 Å². The van der Waals surface area contributed by atoms with Crippen LogP contribution in [0.15, 0.2) is 56.8 Å². The number of carbonyl (C=O) groups is 1. The lowest BCUT2D eigenvalue weighted by Crippen LogP contribution is -2.19. The molecule has 1 heterocycles. The van der Waals surface area contributed by atoms with Gasteiger partial charge in [0.15, 0.2) is 4.80 Å². The number of halogens is 1. The van der Waals surface area contributed by atoms with E-state index in [0.717, 1.165) is 25.3 Å². The molecule has 5 nitrogen and oxygen atoms in total. The van der Waals surface area contributed by atoms with E-state index in [-0.39, 0.29) is 5.91 Å². The molecule has 0 aliphatic heterocycles. The molecule has 0 aliphatic rings. The molecule has 3 rings (SSSR count). The fourth-order valence-corrected chi connectivity index (χ4v) is 5.09. The van der Waals surface area contributed by atoms with Gasteiger partial charge < -0.3 is 14.0 Å². The van der Waals surface area contributed by atoms with Crippen LogP contribution in [0.3, 0.4) is 0 Å². The largest absolute Gasteiger partial charge is 0.497 e. The highest BCUT2D eigenvalue weighted by Crippen LogP contribution is 2.23. The van der Waals surface area contributed by atoms with Gasteiger partial charge in [-0.25, -0.2) is 0 Å². The van der Waals surface area contributed by atoms with Crippen molar-refractivity contribution in [2.45, 2.75) is 17.9 Å². The van der Waals surface area contributed by atoms with Gasteiger partial charge >= 0.3 is 0 Å². The fourth-order valence-electron chi connectivity index (χ4n) is 2.62. The van der Waals surface area contributed by atoms with Crippen LogP contribution in [0.25, 0.3) is 10.2 Å². The number of methoxy groups -OCH3 is 2. The van der Waals surface area contributed by atoms with Crippen LogP contribution < -0.4 is 9.54 Å². The van der Waals surface area contributed by atoms with Crippen molar-refractivity contribution in [2.24, 2.45) is 4.99 Å². The predicted octanol–water partition coefficient (Wildman–Crippen LogP) is 4.73. The molecule has 0 saturated heterocycles. The zero-order chi connectivity index (χ0) is 19.9. The Bertz CT molecular complexity index is 1010. The third-order valence-corrected chi connectivity index (χ3v) is 6.58. The molecule has 3 aromatic rings. The number of aromatic nitrogens is 1. The molecule has 0 bridgehead atoms. The number of carbonyl (C=O) groups excluding carboxylic acids is 1. The minimum absolute atomic E-state index is 0.113. The molecule has 0 fully saturated rings. The predicted molar refractivity (Wildman–Crippen MR) is 118 cm³/mol. The van der Waals surface area contributed by atoms with Gasteiger partial charge in [0.25, 0.3) is 0 Å². The monoisotopic (exact) mass is 480 g/mol. The summed E-state index contributed by atoms with van der Waals surface area (Å²) < 4.78 is 14.5. The first-order valence-corrected chi connectivity index (χ1v) is 11.3. The zero-order valence-corrected chi connectivity index (χ0v) is 18.9. The molecular weight excluding hydrogens is 460 g/mol. The van der Waals surface area contributed by atoms with Gasteiger partial charge in [-0.2, -0.15) is 4.99 Å². The lowest BCUT2D eigenvalue weighted by Gasteiger charge is -2.04. The number of nitrogens with zero attached hydrogens (tertiary/aromatic N) is 2. The number of thioether (sulfide) groups is 1. The smallest absolute Gasteiger partial charge is 0.249 e. The first-order chi connectivity index (χ1) is 13.6. The third kappa shape index (κ3) is 5.47. The van der Waals surface area contributed by atoms with E-state index in [1.807, 2.05) is 47.0 Å². The van der Waals surface area contributed by atoms with Crippen LogP contribution in [0.1, 0.15) is 6.42 Å². The number of amides is 1. The third-order valence-electron chi connectivity index (χ3n) is 4.03. The fraction of sp³-hybridized carbons (Fsp3) is 0.300. The van der Waals surface area contributed by atoms with Crippen LogP contribution in [-0.2, 0) is 16.1 Å². The van der Waals surface area contributed by atoms with Crippen molar-refractivity contribution in [1.82, 2.24) is 4.57 Å². The summed E-state index contributed by atoms with van der Waals surface area (Å²) in [6.45, 7) is 1.22. The number of ether oxygens (including phenoxy) is 2. The van der Waals surface area contributed by atoms with Crippen molar-refractivity contribution in [2.75, 3.05) is 26.6 Å². The minimum Gasteiger partial charge on any atom is -0.497 e. The van der Waals surface area contributed by atoms with Gasteiger partial charge in [0.05, 0.1) is 23.9 Å². The van der Waals surface area contributed by atoms with E-state index >= 15 is 0 Å². The van der Waals surface area contributed by atoms with E-state index in [1.165, 1.54) is 11.3 Å². The van der Waals surface area contributed by atoms with E-state index in [9.17, 15) is 4.79 Å². The van der Waals surface area contributed by atoms with Crippen LogP contribution in [-0.4, -0.2) is 37.1 Å². The second-order valence-corrected chi connectivity index (χ2v) is 9.01. The summed E-state index contributed by atoms with van der Waals surface area (Å²) in [6, 6.07) is 13.9. The Kier molecular flexibility index (Phi) is 7.73. The number of thiazole rings is 1. The molecule has 0 saturated carbocycles. The maximum atomic E-state index is 12.4. The molecule has 0 aliphatic carbocycles. The number of fused-ring (bicyclic) bond motifs is 1. The first-order valence-electron chi connectivity index (χ1n) is 8.73. The molecule has 0 unspecified atom stereocenters. The summed E-state index contributed by atoms with van der Waals surface area (Å²) in [4.78, 5) is 18.6. The van der Waals surface area contributed by atoms with Crippen molar-refractivity contribution in [1.29, 1.82) is 0 Å². The molecule has 1 amide bonds. The number of hydrogen-bond acceptors (Lipinski definition) is 5. The minimum atomic E-state index is -0.113. The molecule has 0 radical (unpaired) electrons. The van der Waals surface area contributed by atoms with Gasteiger partial charge in [0.1, 0.15) is 5.75 Å². The van der Waals surface area contributed by atoms with Gasteiger partial charge in [0.2, 0.25) is 5.91 Å². The average Bonchev–Trinajstić information content (AvgIpc) is 3.02. The van der Waals surface area contributed by atoms with Crippen molar-refractivity contribution < 1.29 is 14.3 Å². The summed E-state index contributed by atoms with van der Waals surface area (Å²) in [7, 11) is 3.32. The van der Waals surface area contributed by atoms with Crippen molar-refractivity contribution in [3.63, 3.8) is 0 Å². The van der Waals surface area contributed by atoms with Crippen LogP contribution in [0.2, 0.25) is 0 Å². The highest BCUT2D eigenvalue weighted by Gasteiger charge is 2.09. The highest BCUT2D eigenvalue weighted by molar-refractivity contribution is 9.10. The van der Waals surface area contributed by atoms with Gasteiger partial charge in [-0.05, 0) is 42.5 Å². The van der Waals surface area contributed by atoms with Crippen LogP contribution in [0.5, 0.6) is 5.75 Å². The maximum absolute atomic E-state index is 12.4. The Morgan fingerprint density at radius 3 is 2.71 bits per heavy atom. The molecule has 28 heavy (non-hydrogen) atoms. The van der Waals surface area contributed by atoms with Gasteiger partial charge in [-0.3, -0.25) is 4.79 Å². The molecule has 8 heteroatoms. The van der Waals surface area contributed by atoms with Crippen LogP contribution in [0.4, 0.5) is 0 Å². The van der Waals surface area contributed by atoms with Gasteiger partial charge in [-0.15, -0.1) is 11.8 Å². The maximum Gasteiger partial charge on any atom is 0.249 e. The Morgan fingerprint density at radius 1 is 1.21 bits per heavy atom. The van der Waals surface area contributed by atoms with E-state index in [4.69, 9.17) is 9.47 Å². The van der Waals surface area contributed by atoms with Crippen molar-refractivity contribution in [3.05, 3.63) is 51.7 Å². The Labute approximate surface area is 180 Å². The second kappa shape index (κ2) is 10.2. The molecule has 2 aromatic carbocycles. The summed E-state index contributed by atoms with van der Waals surface area (Å²) in [5.74, 6) is 1.40. The lowest BCUT2D eigenvalue weighted by molar-refractivity contribution is -0.117. The normalized spacial score (nSPS) is 11.9. The summed E-state index contributed by atoms with van der Waals surface area (Å²) in [6.07, 6.45) is 0.388.